The van der Waals surface area contributed by atoms with E-state index in [2.05, 4.69) is 33.1 Å². The molecule has 1 aliphatic carbocycles. The van der Waals surface area contributed by atoms with Gasteiger partial charge in [-0.1, -0.05) is 13.3 Å². The molecule has 1 aliphatic heterocycles. The molecule has 1 N–H and O–H groups in total. The smallest absolute Gasteiger partial charge is 0.174 e. The molecule has 0 amide bonds. The average Bonchev–Trinajstić information content (AvgIpc) is 3.11. The Balaban J connectivity index is 1.71. The SMILES string of the molecule is CCCC1NCCn2c(-c3cc4c(s3)CCCC4)nnc21. The van der Waals surface area contributed by atoms with E-state index in [1.807, 2.05) is 11.3 Å². The van der Waals surface area contributed by atoms with Crippen molar-refractivity contribution in [1.29, 1.82) is 0 Å². The van der Waals surface area contributed by atoms with Crippen molar-refractivity contribution in [3.63, 3.8) is 0 Å². The minimum absolute atomic E-state index is 0.375. The number of hydrogen-bond acceptors (Lipinski definition) is 4. The Kier molecular flexibility index (Phi) is 3.55. The Bertz CT molecular complexity index is 619. The molecule has 0 spiro atoms. The van der Waals surface area contributed by atoms with E-state index in [9.17, 15) is 0 Å². The van der Waals surface area contributed by atoms with E-state index in [0.717, 1.165) is 31.2 Å². The normalized spacial score (nSPS) is 21.1. The fraction of sp³-hybridized carbons (Fsp3) is 0.625. The summed E-state index contributed by atoms with van der Waals surface area (Å²) in [5, 5.41) is 12.6. The Hall–Kier alpha value is -1.20. The van der Waals surface area contributed by atoms with Crippen LogP contribution in [0, 0.1) is 0 Å². The molecule has 2 aliphatic rings. The fourth-order valence-corrected chi connectivity index (χ4v) is 4.79. The summed E-state index contributed by atoms with van der Waals surface area (Å²) in [6, 6.07) is 2.74. The second kappa shape index (κ2) is 5.54. The first kappa shape index (κ1) is 13.5. The highest BCUT2D eigenvalue weighted by Crippen LogP contribution is 2.36. The third-order valence-electron chi connectivity index (χ3n) is 4.61. The first-order valence-corrected chi connectivity index (χ1v) is 8.97. The number of aromatic nitrogens is 3. The molecule has 112 valence electrons. The summed E-state index contributed by atoms with van der Waals surface area (Å²) in [6.45, 7) is 4.24. The second-order valence-electron chi connectivity index (χ2n) is 6.10. The molecule has 0 fully saturated rings. The van der Waals surface area contributed by atoms with Crippen LogP contribution in [0.3, 0.4) is 0 Å². The lowest BCUT2D eigenvalue weighted by atomic mass is 9.99. The highest BCUT2D eigenvalue weighted by atomic mass is 32.1. The number of thiophene rings is 1. The number of hydrogen-bond donors (Lipinski definition) is 1. The summed E-state index contributed by atoms with van der Waals surface area (Å²) in [6.07, 6.45) is 7.48. The molecule has 3 heterocycles. The van der Waals surface area contributed by atoms with Crippen LogP contribution < -0.4 is 5.32 Å². The van der Waals surface area contributed by atoms with Gasteiger partial charge in [-0.2, -0.15) is 0 Å². The van der Waals surface area contributed by atoms with Crippen LogP contribution in [0.4, 0.5) is 0 Å². The molecule has 2 aromatic heterocycles. The van der Waals surface area contributed by atoms with Crippen molar-refractivity contribution in [3.05, 3.63) is 22.3 Å². The van der Waals surface area contributed by atoms with Crippen LogP contribution in [0.25, 0.3) is 10.7 Å². The van der Waals surface area contributed by atoms with Gasteiger partial charge in [-0.25, -0.2) is 0 Å². The van der Waals surface area contributed by atoms with Gasteiger partial charge in [-0.05, 0) is 43.7 Å². The molecule has 0 aromatic carbocycles. The van der Waals surface area contributed by atoms with Gasteiger partial charge in [0.2, 0.25) is 0 Å². The van der Waals surface area contributed by atoms with Crippen molar-refractivity contribution < 1.29 is 0 Å². The van der Waals surface area contributed by atoms with E-state index in [1.54, 1.807) is 10.4 Å². The first-order chi connectivity index (χ1) is 10.4. The molecule has 5 heteroatoms. The highest BCUT2D eigenvalue weighted by molar-refractivity contribution is 7.15. The quantitative estimate of drug-likeness (QED) is 0.945. The predicted molar refractivity (Wildman–Crippen MR) is 85.6 cm³/mol. The third kappa shape index (κ3) is 2.32. The lowest BCUT2D eigenvalue weighted by molar-refractivity contribution is 0.394. The fourth-order valence-electron chi connectivity index (χ4n) is 3.54. The topological polar surface area (TPSA) is 42.7 Å². The summed E-state index contributed by atoms with van der Waals surface area (Å²) < 4.78 is 2.34. The van der Waals surface area contributed by atoms with Gasteiger partial charge in [-0.15, -0.1) is 21.5 Å². The molecule has 0 bridgehead atoms. The van der Waals surface area contributed by atoms with E-state index in [4.69, 9.17) is 0 Å². The van der Waals surface area contributed by atoms with Gasteiger partial charge in [0.15, 0.2) is 11.6 Å². The molecule has 4 rings (SSSR count). The largest absolute Gasteiger partial charge is 0.308 e. The van der Waals surface area contributed by atoms with Gasteiger partial charge >= 0.3 is 0 Å². The maximum absolute atomic E-state index is 4.53. The molecule has 0 saturated heterocycles. The zero-order valence-electron chi connectivity index (χ0n) is 12.6. The van der Waals surface area contributed by atoms with Gasteiger partial charge in [0, 0.05) is 18.0 Å². The lowest BCUT2D eigenvalue weighted by Gasteiger charge is -2.24. The van der Waals surface area contributed by atoms with Crippen LogP contribution in [0.5, 0.6) is 0 Å². The van der Waals surface area contributed by atoms with Crippen molar-refractivity contribution >= 4 is 11.3 Å². The number of aryl methyl sites for hydroxylation is 2. The predicted octanol–water partition coefficient (Wildman–Crippen LogP) is 3.33. The van der Waals surface area contributed by atoms with Crippen LogP contribution in [0.2, 0.25) is 0 Å². The van der Waals surface area contributed by atoms with Crippen LogP contribution in [0.15, 0.2) is 6.07 Å². The van der Waals surface area contributed by atoms with Crippen LogP contribution in [0.1, 0.15) is 54.9 Å². The standard InChI is InChI=1S/C16H22N4S/c1-2-5-12-15-18-19-16(20(15)9-8-17-12)14-10-11-6-3-4-7-13(11)21-14/h10,12,17H,2-9H2,1H3. The van der Waals surface area contributed by atoms with Gasteiger partial charge < -0.3 is 9.88 Å². The Labute approximate surface area is 129 Å². The molecule has 2 aromatic rings. The molecular formula is C16H22N4S. The van der Waals surface area contributed by atoms with Crippen LogP contribution >= 0.6 is 11.3 Å². The molecule has 0 radical (unpaired) electrons. The Morgan fingerprint density at radius 2 is 2.24 bits per heavy atom. The number of nitrogens with one attached hydrogen (secondary N) is 1. The zero-order chi connectivity index (χ0) is 14.2. The first-order valence-electron chi connectivity index (χ1n) is 8.15. The van der Waals surface area contributed by atoms with Crippen molar-refractivity contribution in [2.75, 3.05) is 6.54 Å². The van der Waals surface area contributed by atoms with E-state index < -0.39 is 0 Å². The van der Waals surface area contributed by atoms with E-state index in [-0.39, 0.29) is 0 Å². The van der Waals surface area contributed by atoms with E-state index in [0.29, 0.717) is 6.04 Å². The maximum atomic E-state index is 4.53. The maximum Gasteiger partial charge on any atom is 0.174 e. The minimum atomic E-state index is 0.375. The Morgan fingerprint density at radius 3 is 3.10 bits per heavy atom. The van der Waals surface area contributed by atoms with Gasteiger partial charge in [0.25, 0.3) is 0 Å². The Morgan fingerprint density at radius 1 is 1.33 bits per heavy atom. The minimum Gasteiger partial charge on any atom is -0.308 e. The molecule has 0 saturated carbocycles. The summed E-state index contributed by atoms with van der Waals surface area (Å²) >= 11 is 1.94. The number of nitrogens with zero attached hydrogens (tertiary/aromatic N) is 3. The van der Waals surface area contributed by atoms with Crippen molar-refractivity contribution in [3.8, 4) is 10.7 Å². The van der Waals surface area contributed by atoms with Crippen molar-refractivity contribution in [1.82, 2.24) is 20.1 Å². The van der Waals surface area contributed by atoms with E-state index >= 15 is 0 Å². The third-order valence-corrected chi connectivity index (χ3v) is 5.84. The van der Waals surface area contributed by atoms with Gasteiger partial charge in [0.1, 0.15) is 0 Å². The monoisotopic (exact) mass is 302 g/mol. The van der Waals surface area contributed by atoms with Crippen LogP contribution in [-0.2, 0) is 19.4 Å². The summed E-state index contributed by atoms with van der Waals surface area (Å²) in [4.78, 5) is 2.89. The van der Waals surface area contributed by atoms with Gasteiger partial charge in [0.05, 0.1) is 10.9 Å². The second-order valence-corrected chi connectivity index (χ2v) is 7.23. The lowest BCUT2D eigenvalue weighted by Crippen LogP contribution is -2.33. The van der Waals surface area contributed by atoms with Crippen molar-refractivity contribution in [2.45, 2.75) is 58.0 Å². The summed E-state index contributed by atoms with van der Waals surface area (Å²) in [7, 11) is 0. The number of rotatable bonds is 3. The van der Waals surface area contributed by atoms with E-state index in [1.165, 1.54) is 37.0 Å². The van der Waals surface area contributed by atoms with Gasteiger partial charge in [-0.3, -0.25) is 0 Å². The summed E-state index contributed by atoms with van der Waals surface area (Å²) in [5.74, 6) is 2.22. The average molecular weight is 302 g/mol. The molecule has 21 heavy (non-hydrogen) atoms. The molecule has 1 unspecified atom stereocenters. The highest BCUT2D eigenvalue weighted by Gasteiger charge is 2.26. The number of fused-ring (bicyclic) bond motifs is 2. The van der Waals surface area contributed by atoms with Crippen LogP contribution in [-0.4, -0.2) is 21.3 Å². The molecule has 1 atom stereocenters. The molecular weight excluding hydrogens is 280 g/mol. The van der Waals surface area contributed by atoms with Crippen molar-refractivity contribution in [2.24, 2.45) is 0 Å². The zero-order valence-corrected chi connectivity index (χ0v) is 13.4. The molecule has 4 nitrogen and oxygen atoms in total. The summed E-state index contributed by atoms with van der Waals surface area (Å²) in [5.41, 5.74) is 1.55.